The Labute approximate surface area is 148 Å². The molecule has 1 aliphatic rings. The molecule has 1 amide bonds. The Morgan fingerprint density at radius 1 is 1.08 bits per heavy atom. The van der Waals surface area contributed by atoms with Gasteiger partial charge in [-0.3, -0.25) is 4.79 Å². The van der Waals surface area contributed by atoms with Gasteiger partial charge in [0.05, 0.1) is 20.8 Å². The zero-order valence-electron chi connectivity index (χ0n) is 14.7. The van der Waals surface area contributed by atoms with E-state index >= 15 is 0 Å². The van der Waals surface area contributed by atoms with Crippen LogP contribution in [-0.2, 0) is 24.3 Å². The fraction of sp³-hybridized carbons (Fsp3) is 0.350. The number of methoxy groups -OCH3 is 2. The molecule has 1 heterocycles. The van der Waals surface area contributed by atoms with Gasteiger partial charge in [-0.25, -0.2) is 0 Å². The quantitative estimate of drug-likeness (QED) is 0.877. The van der Waals surface area contributed by atoms with Gasteiger partial charge in [0.2, 0.25) is 5.91 Å². The van der Waals surface area contributed by atoms with Gasteiger partial charge in [0.25, 0.3) is 0 Å². The fourth-order valence-corrected chi connectivity index (χ4v) is 3.12. The molecular weight excluding hydrogens is 316 g/mol. The van der Waals surface area contributed by atoms with Gasteiger partial charge in [0.1, 0.15) is 0 Å². The maximum Gasteiger partial charge on any atom is 0.236 e. The number of carbonyl (C=O) groups is 1. The third-order valence-electron chi connectivity index (χ3n) is 4.54. The van der Waals surface area contributed by atoms with Crippen LogP contribution in [0.15, 0.2) is 42.5 Å². The molecule has 2 aromatic carbocycles. The number of nitrogens with zero attached hydrogens (tertiary/aromatic N) is 1. The summed E-state index contributed by atoms with van der Waals surface area (Å²) in [6, 6.07) is 14.1. The van der Waals surface area contributed by atoms with Gasteiger partial charge < -0.3 is 19.7 Å². The molecule has 0 saturated carbocycles. The molecule has 5 nitrogen and oxygen atoms in total. The van der Waals surface area contributed by atoms with Crippen LogP contribution in [-0.4, -0.2) is 38.1 Å². The van der Waals surface area contributed by atoms with E-state index in [1.54, 1.807) is 14.2 Å². The number of amides is 1. The fourth-order valence-electron chi connectivity index (χ4n) is 3.12. The molecule has 3 rings (SSSR count). The SMILES string of the molecule is COc1ccc(CNCC(=O)N2CCc3ccccc3C2)cc1OC. The third-order valence-corrected chi connectivity index (χ3v) is 4.54. The smallest absolute Gasteiger partial charge is 0.236 e. The first-order valence-corrected chi connectivity index (χ1v) is 8.47. The number of rotatable bonds is 6. The van der Waals surface area contributed by atoms with Gasteiger partial charge in [-0.1, -0.05) is 30.3 Å². The lowest BCUT2D eigenvalue weighted by atomic mass is 10.00. The first kappa shape index (κ1) is 17.3. The van der Waals surface area contributed by atoms with Crippen LogP contribution in [0.5, 0.6) is 11.5 Å². The van der Waals surface area contributed by atoms with E-state index in [0.717, 1.165) is 18.5 Å². The van der Waals surface area contributed by atoms with E-state index < -0.39 is 0 Å². The minimum Gasteiger partial charge on any atom is -0.493 e. The minimum atomic E-state index is 0.134. The zero-order valence-corrected chi connectivity index (χ0v) is 14.7. The number of hydrogen-bond acceptors (Lipinski definition) is 4. The number of hydrogen-bond donors (Lipinski definition) is 1. The molecule has 25 heavy (non-hydrogen) atoms. The van der Waals surface area contributed by atoms with Crippen molar-refractivity contribution in [1.29, 1.82) is 0 Å². The minimum absolute atomic E-state index is 0.134. The van der Waals surface area contributed by atoms with E-state index in [4.69, 9.17) is 9.47 Å². The van der Waals surface area contributed by atoms with Gasteiger partial charge in [-0.05, 0) is 35.2 Å². The topological polar surface area (TPSA) is 50.8 Å². The van der Waals surface area contributed by atoms with Crippen LogP contribution in [0.3, 0.4) is 0 Å². The lowest BCUT2D eigenvalue weighted by Crippen LogP contribution is -2.41. The molecule has 0 atom stereocenters. The van der Waals surface area contributed by atoms with Crippen LogP contribution in [0.25, 0.3) is 0 Å². The maximum atomic E-state index is 12.4. The maximum absolute atomic E-state index is 12.4. The first-order chi connectivity index (χ1) is 12.2. The molecule has 0 aromatic heterocycles. The van der Waals surface area contributed by atoms with Gasteiger partial charge in [0, 0.05) is 19.6 Å². The van der Waals surface area contributed by atoms with E-state index in [1.165, 1.54) is 11.1 Å². The Balaban J connectivity index is 1.52. The van der Waals surface area contributed by atoms with Crippen LogP contribution < -0.4 is 14.8 Å². The highest BCUT2D eigenvalue weighted by Crippen LogP contribution is 2.27. The van der Waals surface area contributed by atoms with Crippen molar-refractivity contribution in [3.05, 3.63) is 59.2 Å². The molecule has 0 saturated heterocycles. The molecule has 132 valence electrons. The largest absolute Gasteiger partial charge is 0.493 e. The van der Waals surface area contributed by atoms with Crippen molar-refractivity contribution in [1.82, 2.24) is 10.2 Å². The van der Waals surface area contributed by atoms with E-state index in [9.17, 15) is 4.79 Å². The number of fused-ring (bicyclic) bond motifs is 1. The molecule has 0 aliphatic carbocycles. The summed E-state index contributed by atoms with van der Waals surface area (Å²) in [6.45, 7) is 2.42. The van der Waals surface area contributed by atoms with Crippen molar-refractivity contribution in [2.45, 2.75) is 19.5 Å². The molecule has 0 unspecified atom stereocenters. The van der Waals surface area contributed by atoms with Crippen LogP contribution >= 0.6 is 0 Å². The Morgan fingerprint density at radius 2 is 1.84 bits per heavy atom. The van der Waals surface area contributed by atoms with Gasteiger partial charge in [0.15, 0.2) is 11.5 Å². The predicted octanol–water partition coefficient (Wildman–Crippen LogP) is 2.38. The summed E-state index contributed by atoms with van der Waals surface area (Å²) < 4.78 is 10.5. The molecular formula is C20H24N2O3. The lowest BCUT2D eigenvalue weighted by Gasteiger charge is -2.29. The molecule has 0 spiro atoms. The highest BCUT2D eigenvalue weighted by atomic mass is 16.5. The van der Waals surface area contributed by atoms with Crippen LogP contribution in [0.2, 0.25) is 0 Å². The second-order valence-corrected chi connectivity index (χ2v) is 6.13. The highest BCUT2D eigenvalue weighted by Gasteiger charge is 2.19. The standard InChI is InChI=1S/C20H24N2O3/c1-24-18-8-7-15(11-19(18)25-2)12-21-13-20(23)22-10-9-16-5-3-4-6-17(16)14-22/h3-8,11,21H,9-10,12-14H2,1-2H3. The number of benzene rings is 2. The summed E-state index contributed by atoms with van der Waals surface area (Å²) in [7, 11) is 3.23. The van der Waals surface area contributed by atoms with Gasteiger partial charge in [-0.15, -0.1) is 0 Å². The van der Waals surface area contributed by atoms with Crippen molar-refractivity contribution in [3.8, 4) is 11.5 Å². The van der Waals surface area contributed by atoms with Crippen LogP contribution in [0, 0.1) is 0 Å². The summed E-state index contributed by atoms with van der Waals surface area (Å²) in [5.74, 6) is 1.53. The second-order valence-electron chi connectivity index (χ2n) is 6.13. The van der Waals surface area contributed by atoms with Crippen molar-refractivity contribution < 1.29 is 14.3 Å². The molecule has 1 N–H and O–H groups in total. The molecule has 0 bridgehead atoms. The average molecular weight is 340 g/mol. The molecule has 0 fully saturated rings. The molecule has 2 aromatic rings. The molecule has 0 radical (unpaired) electrons. The second kappa shape index (κ2) is 8.03. The highest BCUT2D eigenvalue weighted by molar-refractivity contribution is 5.78. The number of carbonyl (C=O) groups excluding carboxylic acids is 1. The predicted molar refractivity (Wildman–Crippen MR) is 96.8 cm³/mol. The summed E-state index contributed by atoms with van der Waals surface area (Å²) in [4.78, 5) is 14.4. The van der Waals surface area contributed by atoms with E-state index in [2.05, 4.69) is 23.5 Å². The Kier molecular flexibility index (Phi) is 5.56. The van der Waals surface area contributed by atoms with Crippen molar-refractivity contribution in [2.75, 3.05) is 27.3 Å². The monoisotopic (exact) mass is 340 g/mol. The summed E-state index contributed by atoms with van der Waals surface area (Å²) >= 11 is 0. The number of ether oxygens (including phenoxy) is 2. The Hall–Kier alpha value is -2.53. The number of nitrogens with one attached hydrogen (secondary N) is 1. The summed E-state index contributed by atoms with van der Waals surface area (Å²) in [6.07, 6.45) is 0.928. The van der Waals surface area contributed by atoms with Crippen LogP contribution in [0.4, 0.5) is 0 Å². The van der Waals surface area contributed by atoms with E-state index in [1.807, 2.05) is 29.2 Å². The third kappa shape index (κ3) is 4.12. The molecule has 1 aliphatic heterocycles. The van der Waals surface area contributed by atoms with Crippen molar-refractivity contribution in [2.24, 2.45) is 0 Å². The first-order valence-electron chi connectivity index (χ1n) is 8.47. The summed E-state index contributed by atoms with van der Waals surface area (Å²) in [5.41, 5.74) is 3.65. The normalized spacial score (nSPS) is 13.3. The van der Waals surface area contributed by atoms with Crippen molar-refractivity contribution >= 4 is 5.91 Å². The Bertz CT molecular complexity index is 745. The summed E-state index contributed by atoms with van der Waals surface area (Å²) in [5, 5.41) is 3.22. The van der Waals surface area contributed by atoms with Crippen molar-refractivity contribution in [3.63, 3.8) is 0 Å². The Morgan fingerprint density at radius 3 is 2.60 bits per heavy atom. The van der Waals surface area contributed by atoms with Gasteiger partial charge >= 0.3 is 0 Å². The lowest BCUT2D eigenvalue weighted by molar-refractivity contribution is -0.131. The van der Waals surface area contributed by atoms with Crippen LogP contribution in [0.1, 0.15) is 16.7 Å². The molecule has 5 heteroatoms. The van der Waals surface area contributed by atoms with Gasteiger partial charge in [-0.2, -0.15) is 0 Å². The van der Waals surface area contributed by atoms with E-state index in [0.29, 0.717) is 31.1 Å². The zero-order chi connectivity index (χ0) is 17.6. The average Bonchev–Trinajstić information content (AvgIpc) is 2.67. The van der Waals surface area contributed by atoms with E-state index in [-0.39, 0.29) is 5.91 Å².